The summed E-state index contributed by atoms with van der Waals surface area (Å²) in [6.45, 7) is 7.38. The fraction of sp³-hybridized carbons (Fsp3) is 0.417. The third kappa shape index (κ3) is 3.79. The van der Waals surface area contributed by atoms with Crippen LogP contribution in [-0.2, 0) is 9.59 Å². The van der Waals surface area contributed by atoms with E-state index in [4.69, 9.17) is 0 Å². The first-order valence-electron chi connectivity index (χ1n) is 10.7. The first-order chi connectivity index (χ1) is 14.5. The van der Waals surface area contributed by atoms with Gasteiger partial charge in [-0.15, -0.1) is 22.7 Å². The highest BCUT2D eigenvalue weighted by atomic mass is 32.1. The van der Waals surface area contributed by atoms with E-state index in [0.29, 0.717) is 35.2 Å². The van der Waals surface area contributed by atoms with Gasteiger partial charge < -0.3 is 10.2 Å². The van der Waals surface area contributed by atoms with E-state index in [1.807, 2.05) is 39.9 Å². The maximum Gasteiger partial charge on any atom is 0.261 e. The van der Waals surface area contributed by atoms with Crippen molar-refractivity contribution in [2.45, 2.75) is 46.5 Å². The summed E-state index contributed by atoms with van der Waals surface area (Å²) in [6, 6.07) is 7.89. The molecule has 2 aliphatic rings. The lowest BCUT2D eigenvalue weighted by molar-refractivity contribution is -0.123. The van der Waals surface area contributed by atoms with Gasteiger partial charge in [0.2, 0.25) is 0 Å². The molecule has 0 bridgehead atoms. The average molecular weight is 441 g/mol. The molecule has 2 aliphatic heterocycles. The van der Waals surface area contributed by atoms with Gasteiger partial charge in [0.15, 0.2) is 0 Å². The lowest BCUT2D eigenvalue weighted by Gasteiger charge is -2.26. The summed E-state index contributed by atoms with van der Waals surface area (Å²) in [6.07, 6.45) is 4.48. The lowest BCUT2D eigenvalue weighted by Crippen LogP contribution is -2.32. The Morgan fingerprint density at radius 2 is 1.67 bits per heavy atom. The molecule has 2 aromatic rings. The van der Waals surface area contributed by atoms with Gasteiger partial charge in [0.05, 0.1) is 32.3 Å². The number of carbonyl (C=O) groups excluding carboxylic acids is 2. The Morgan fingerprint density at radius 3 is 2.27 bits per heavy atom. The van der Waals surface area contributed by atoms with Gasteiger partial charge in [-0.1, -0.05) is 52.2 Å². The molecular formula is C24H28N2O2S2. The molecule has 0 spiro atoms. The molecule has 0 aromatic carbocycles. The van der Waals surface area contributed by atoms with Crippen molar-refractivity contribution in [3.63, 3.8) is 0 Å². The second-order valence-corrected chi connectivity index (χ2v) is 10.1. The number of hydrogen-bond donors (Lipinski definition) is 1. The molecule has 0 saturated heterocycles. The molecule has 4 rings (SSSR count). The van der Waals surface area contributed by atoms with Crippen molar-refractivity contribution in [1.82, 2.24) is 10.2 Å². The number of hydrogen-bond acceptors (Lipinski definition) is 4. The van der Waals surface area contributed by atoms with Gasteiger partial charge in [0.1, 0.15) is 0 Å². The summed E-state index contributed by atoms with van der Waals surface area (Å²) < 4.78 is 0. The van der Waals surface area contributed by atoms with E-state index in [1.54, 1.807) is 22.7 Å². The van der Waals surface area contributed by atoms with Crippen molar-refractivity contribution in [1.29, 1.82) is 0 Å². The Labute approximate surface area is 186 Å². The van der Waals surface area contributed by atoms with Crippen LogP contribution in [0.2, 0.25) is 0 Å². The zero-order chi connectivity index (χ0) is 21.3. The fourth-order valence-corrected chi connectivity index (χ4v) is 5.66. The number of amides is 2. The van der Waals surface area contributed by atoms with Crippen LogP contribution in [0.3, 0.4) is 0 Å². The van der Waals surface area contributed by atoms with Crippen molar-refractivity contribution in [3.8, 4) is 0 Å². The van der Waals surface area contributed by atoms with Gasteiger partial charge in [0.25, 0.3) is 11.8 Å². The van der Waals surface area contributed by atoms with Crippen LogP contribution >= 0.6 is 22.7 Å². The van der Waals surface area contributed by atoms with Crippen LogP contribution in [0.4, 0.5) is 0 Å². The van der Waals surface area contributed by atoms with Crippen LogP contribution in [0.1, 0.15) is 56.2 Å². The lowest BCUT2D eigenvalue weighted by atomic mass is 9.93. The zero-order valence-electron chi connectivity index (χ0n) is 17.7. The predicted molar refractivity (Wildman–Crippen MR) is 125 cm³/mol. The smallest absolute Gasteiger partial charge is 0.261 e. The Bertz CT molecular complexity index is 987. The van der Waals surface area contributed by atoms with Gasteiger partial charge in [0, 0.05) is 6.54 Å². The average Bonchev–Trinajstić information content (AvgIpc) is 3.53. The number of rotatable bonds is 9. The van der Waals surface area contributed by atoms with E-state index in [2.05, 4.69) is 26.1 Å². The molecule has 2 amide bonds. The maximum absolute atomic E-state index is 13.6. The summed E-state index contributed by atoms with van der Waals surface area (Å²) in [5.41, 5.74) is 2.54. The van der Waals surface area contributed by atoms with Crippen molar-refractivity contribution in [2.75, 3.05) is 6.54 Å². The molecule has 0 saturated carbocycles. The Balaban J connectivity index is 1.72. The predicted octanol–water partition coefficient (Wildman–Crippen LogP) is 5.76. The van der Waals surface area contributed by atoms with Gasteiger partial charge >= 0.3 is 0 Å². The van der Waals surface area contributed by atoms with Crippen molar-refractivity contribution in [2.24, 2.45) is 11.8 Å². The third-order valence-electron chi connectivity index (χ3n) is 6.24. The molecule has 2 unspecified atom stereocenters. The summed E-state index contributed by atoms with van der Waals surface area (Å²) in [4.78, 5) is 30.4. The molecular weight excluding hydrogens is 412 g/mol. The fourth-order valence-electron chi connectivity index (χ4n) is 4.14. The number of nitrogens with one attached hydrogen (secondary N) is 1. The number of carbonyl (C=O) groups is 2. The van der Waals surface area contributed by atoms with Crippen LogP contribution in [0.15, 0.2) is 46.2 Å². The second-order valence-electron chi connectivity index (χ2n) is 8.16. The minimum absolute atomic E-state index is 0.0443. The molecule has 0 fully saturated rings. The van der Waals surface area contributed by atoms with E-state index in [0.717, 1.165) is 28.3 Å². The largest absolute Gasteiger partial charge is 0.320 e. The highest BCUT2D eigenvalue weighted by molar-refractivity contribution is 7.11. The normalized spacial score (nSPS) is 18.3. The molecule has 4 heterocycles. The van der Waals surface area contributed by atoms with Gasteiger partial charge in [-0.05, 0) is 41.1 Å². The Hall–Kier alpha value is -2.18. The first-order valence-corrected chi connectivity index (χ1v) is 12.5. The number of thiophene rings is 2. The molecule has 158 valence electrons. The Morgan fingerprint density at radius 1 is 0.967 bits per heavy atom. The molecule has 0 radical (unpaired) electrons. The van der Waals surface area contributed by atoms with E-state index in [1.165, 1.54) is 12.8 Å². The molecule has 4 nitrogen and oxygen atoms in total. The van der Waals surface area contributed by atoms with Gasteiger partial charge in [-0.25, -0.2) is 0 Å². The van der Waals surface area contributed by atoms with E-state index in [-0.39, 0.29) is 11.8 Å². The standard InChI is InChI=1S/C24H28N2O2S2/c1-4-15(3)10-11-16(5-2)14-26-22(18-9-7-13-30-18)20-19(24(26)28)21(25-23(20)27)17-8-6-12-29-17/h6-9,12-13,15-16H,4-5,10-11,14H2,1-3H3,(H,25,27). The molecule has 0 aliphatic carbocycles. The van der Waals surface area contributed by atoms with Crippen molar-refractivity contribution < 1.29 is 9.59 Å². The minimum atomic E-state index is -0.166. The van der Waals surface area contributed by atoms with Crippen molar-refractivity contribution in [3.05, 3.63) is 55.9 Å². The topological polar surface area (TPSA) is 49.4 Å². The third-order valence-corrected chi connectivity index (χ3v) is 8.00. The second kappa shape index (κ2) is 8.90. The summed E-state index contributed by atoms with van der Waals surface area (Å²) in [7, 11) is 0. The van der Waals surface area contributed by atoms with Crippen LogP contribution in [0.5, 0.6) is 0 Å². The summed E-state index contributed by atoms with van der Waals surface area (Å²) >= 11 is 3.12. The SMILES string of the molecule is CCC(C)CCC(CC)CN1C(=O)C2=C(c3cccs3)NC(=O)C2=C1c1cccs1. The molecule has 2 aromatic heterocycles. The highest BCUT2D eigenvalue weighted by Gasteiger charge is 2.46. The number of fused-ring (bicyclic) bond motifs is 1. The molecule has 30 heavy (non-hydrogen) atoms. The van der Waals surface area contributed by atoms with Crippen LogP contribution < -0.4 is 5.32 Å². The molecule has 2 atom stereocenters. The monoisotopic (exact) mass is 440 g/mol. The number of nitrogens with zero attached hydrogens (tertiary/aromatic N) is 1. The van der Waals surface area contributed by atoms with E-state index < -0.39 is 0 Å². The maximum atomic E-state index is 13.6. The van der Waals surface area contributed by atoms with Gasteiger partial charge in [-0.2, -0.15) is 0 Å². The van der Waals surface area contributed by atoms with Crippen molar-refractivity contribution >= 4 is 45.9 Å². The quantitative estimate of drug-likeness (QED) is 0.539. The van der Waals surface area contributed by atoms with E-state index in [9.17, 15) is 9.59 Å². The summed E-state index contributed by atoms with van der Waals surface area (Å²) in [5.74, 6) is 0.908. The minimum Gasteiger partial charge on any atom is -0.320 e. The van der Waals surface area contributed by atoms with Gasteiger partial charge in [-0.3, -0.25) is 9.59 Å². The summed E-state index contributed by atoms with van der Waals surface area (Å²) in [5, 5.41) is 6.94. The molecule has 6 heteroatoms. The van der Waals surface area contributed by atoms with Crippen LogP contribution in [0, 0.1) is 11.8 Å². The van der Waals surface area contributed by atoms with E-state index >= 15 is 0 Å². The van der Waals surface area contributed by atoms with Crippen LogP contribution in [0.25, 0.3) is 11.4 Å². The zero-order valence-corrected chi connectivity index (χ0v) is 19.4. The molecule has 1 N–H and O–H groups in total. The highest BCUT2D eigenvalue weighted by Crippen LogP contribution is 2.44. The van der Waals surface area contributed by atoms with Crippen LogP contribution in [-0.4, -0.2) is 23.3 Å². The first kappa shape index (κ1) is 21.1. The Kier molecular flexibility index (Phi) is 6.25.